The van der Waals surface area contributed by atoms with Crippen molar-refractivity contribution in [2.45, 2.75) is 192 Å². The lowest BCUT2D eigenvalue weighted by atomic mass is 9.95. The van der Waals surface area contributed by atoms with E-state index in [2.05, 4.69) is 21.1 Å². The number of halogens is 6. The van der Waals surface area contributed by atoms with Gasteiger partial charge in [0.15, 0.2) is 19.8 Å². The Morgan fingerprint density at radius 2 is 0.737 bits per heavy atom. The van der Waals surface area contributed by atoms with Gasteiger partial charge in [0.25, 0.3) is 0 Å². The summed E-state index contributed by atoms with van der Waals surface area (Å²) in [7, 11) is 0. The summed E-state index contributed by atoms with van der Waals surface area (Å²) in [6.07, 6.45) is 15.6. The zero-order valence-electron chi connectivity index (χ0n) is 34.0. The third-order valence-corrected chi connectivity index (χ3v) is 9.91. The van der Waals surface area contributed by atoms with Crippen LogP contribution in [0.1, 0.15) is 157 Å². The number of hydrogen-bond donors (Lipinski definition) is 0. The molecule has 0 saturated heterocycles. The Morgan fingerprint density at radius 1 is 0.456 bits per heavy atom. The predicted octanol–water partition coefficient (Wildman–Crippen LogP) is 8.52. The van der Waals surface area contributed by atoms with Gasteiger partial charge in [-0.05, 0) is 103 Å². The largest absolute Gasteiger partial charge is 0.457 e. The van der Waals surface area contributed by atoms with Gasteiger partial charge < -0.3 is 28.4 Å². The van der Waals surface area contributed by atoms with Crippen LogP contribution in [0.25, 0.3) is 0 Å². The van der Waals surface area contributed by atoms with Crippen LogP contribution in [0.5, 0.6) is 0 Å². The number of hydrogen-bond acceptors (Lipinski definition) is 12. The monoisotopic (exact) mass is 834 g/mol. The summed E-state index contributed by atoms with van der Waals surface area (Å²) in [5.74, 6) is -18.2. The maximum absolute atomic E-state index is 12.6. The van der Waals surface area contributed by atoms with E-state index >= 15 is 0 Å². The Bertz CT molecular complexity index is 1300. The molecule has 3 rings (SSSR count). The molecule has 0 aromatic rings. The molecular formula is C39H60F6O12. The lowest BCUT2D eigenvalue weighted by molar-refractivity contribution is -0.181. The molecule has 0 spiro atoms. The second kappa shape index (κ2) is 23.1. The fourth-order valence-corrected chi connectivity index (χ4v) is 6.91. The molecule has 18 heteroatoms. The normalized spacial score (nSPS) is 18.1. The van der Waals surface area contributed by atoms with Gasteiger partial charge in [-0.15, -0.1) is 0 Å². The van der Waals surface area contributed by atoms with Gasteiger partial charge in [-0.25, -0.2) is 28.8 Å². The first-order valence-electron chi connectivity index (χ1n) is 19.7. The van der Waals surface area contributed by atoms with Crippen molar-refractivity contribution < 1.29 is 83.5 Å². The molecule has 3 fully saturated rings. The fraction of sp³-hybridized carbons (Fsp3) is 0.846. The molecule has 0 aromatic heterocycles. The number of unbranched alkanes of at least 4 members (excludes halogenated alkanes) is 1. The Kier molecular flexibility index (Phi) is 20.8. The van der Waals surface area contributed by atoms with Gasteiger partial charge in [0.05, 0.1) is 0 Å². The molecule has 0 atom stereocenters. The molecule has 330 valence electrons. The highest BCUT2D eigenvalue weighted by Gasteiger charge is 2.41. The average Bonchev–Trinajstić information content (AvgIpc) is 3.90. The highest BCUT2D eigenvalue weighted by atomic mass is 19.3. The van der Waals surface area contributed by atoms with Crippen LogP contribution in [-0.4, -0.2) is 90.2 Å². The molecule has 3 aliphatic rings. The minimum atomic E-state index is -3.59. The molecule has 0 radical (unpaired) electrons. The maximum Gasteiger partial charge on any atom is 0.377 e. The summed E-state index contributed by atoms with van der Waals surface area (Å²) >= 11 is 0. The van der Waals surface area contributed by atoms with Gasteiger partial charge in [0, 0.05) is 20.8 Å². The third kappa shape index (κ3) is 19.1. The summed E-state index contributed by atoms with van der Waals surface area (Å²) < 4.78 is 104. The van der Waals surface area contributed by atoms with Crippen LogP contribution in [0.4, 0.5) is 26.3 Å². The molecule has 0 aromatic carbocycles. The van der Waals surface area contributed by atoms with Crippen molar-refractivity contribution in [3.8, 4) is 0 Å². The van der Waals surface area contributed by atoms with Crippen LogP contribution < -0.4 is 0 Å². The summed E-state index contributed by atoms with van der Waals surface area (Å²) in [4.78, 5) is 67.2. The van der Waals surface area contributed by atoms with E-state index in [1.807, 2.05) is 13.8 Å². The minimum Gasteiger partial charge on any atom is -0.457 e. The van der Waals surface area contributed by atoms with E-state index in [0.717, 1.165) is 109 Å². The lowest BCUT2D eigenvalue weighted by Gasteiger charge is -2.29. The van der Waals surface area contributed by atoms with E-state index in [-0.39, 0.29) is 0 Å². The maximum atomic E-state index is 12.6. The van der Waals surface area contributed by atoms with E-state index in [4.69, 9.17) is 14.2 Å². The molecule has 0 N–H and O–H groups in total. The van der Waals surface area contributed by atoms with E-state index in [0.29, 0.717) is 27.2 Å². The molecule has 0 heterocycles. The number of ether oxygens (including phenoxy) is 6. The smallest absolute Gasteiger partial charge is 0.377 e. The first kappa shape index (κ1) is 51.4. The summed E-state index contributed by atoms with van der Waals surface area (Å²) in [6.45, 7) is 4.96. The number of carbonyl (C=O) groups excluding carboxylic acids is 6. The summed E-state index contributed by atoms with van der Waals surface area (Å²) in [5.41, 5.74) is -1.49. The van der Waals surface area contributed by atoms with Gasteiger partial charge in [-0.2, -0.15) is 26.3 Å². The van der Waals surface area contributed by atoms with Crippen molar-refractivity contribution in [1.82, 2.24) is 0 Å². The van der Waals surface area contributed by atoms with Gasteiger partial charge in [0.1, 0.15) is 16.8 Å². The van der Waals surface area contributed by atoms with E-state index in [1.165, 1.54) is 0 Å². The SMILES string of the molecule is CCC1(OC(=O)COC(=O)C(C)(F)F)CCCC1.CCCC1(OC(=O)COC(=O)C(C)(F)F)CCCC1.CCCCC1(OC(=O)COC(=O)C(C)(F)F)CCCC1. The van der Waals surface area contributed by atoms with E-state index in [1.54, 1.807) is 0 Å². The quantitative estimate of drug-likeness (QED) is 0.0738. The van der Waals surface area contributed by atoms with Crippen molar-refractivity contribution in [2.75, 3.05) is 19.8 Å². The van der Waals surface area contributed by atoms with E-state index < -0.39 is 90.2 Å². The molecule has 0 aliphatic heterocycles. The zero-order valence-corrected chi connectivity index (χ0v) is 34.0. The third-order valence-electron chi connectivity index (χ3n) is 9.91. The summed E-state index contributed by atoms with van der Waals surface area (Å²) in [6, 6.07) is 0. The first-order chi connectivity index (χ1) is 26.4. The Morgan fingerprint density at radius 3 is 1.00 bits per heavy atom. The predicted molar refractivity (Wildman–Crippen MR) is 191 cm³/mol. The highest BCUT2D eigenvalue weighted by molar-refractivity contribution is 5.82. The minimum absolute atomic E-state index is 0.422. The molecule has 3 saturated carbocycles. The Balaban J connectivity index is 0.000000428. The fourth-order valence-electron chi connectivity index (χ4n) is 6.91. The molecule has 0 amide bonds. The molecule has 57 heavy (non-hydrogen) atoms. The van der Waals surface area contributed by atoms with Crippen LogP contribution in [0.15, 0.2) is 0 Å². The van der Waals surface area contributed by atoms with Crippen LogP contribution in [0.3, 0.4) is 0 Å². The summed E-state index contributed by atoms with van der Waals surface area (Å²) in [5, 5.41) is 0. The number of rotatable bonds is 18. The van der Waals surface area contributed by atoms with Crippen LogP contribution in [0.2, 0.25) is 0 Å². The molecule has 3 aliphatic carbocycles. The Hall–Kier alpha value is -3.60. The second-order valence-electron chi connectivity index (χ2n) is 15.2. The number of esters is 6. The van der Waals surface area contributed by atoms with Gasteiger partial charge >= 0.3 is 53.6 Å². The topological polar surface area (TPSA) is 158 Å². The molecule has 0 unspecified atom stereocenters. The lowest BCUT2D eigenvalue weighted by Crippen LogP contribution is -2.35. The standard InChI is InChI=1S/C14H22F2O4.C13H20F2O4.C12H18F2O4/c1-3-4-7-14(8-5-6-9-14)20-11(17)10-19-12(18)13(2,15)16;1-3-6-13(7-4-5-8-13)19-10(16)9-18-11(17)12(2,14)15;1-3-12(6-4-5-7-12)18-9(15)8-17-10(16)11(2,13)14/h3-10H2,1-2H3;3-9H2,1-2H3;3-8H2,1-2H3. The van der Waals surface area contributed by atoms with E-state index in [9.17, 15) is 55.1 Å². The average molecular weight is 835 g/mol. The number of alkyl halides is 6. The molecule has 12 nitrogen and oxygen atoms in total. The van der Waals surface area contributed by atoms with Crippen molar-refractivity contribution in [3.05, 3.63) is 0 Å². The zero-order chi connectivity index (χ0) is 43.6. The molecule has 0 bridgehead atoms. The molecular weight excluding hydrogens is 774 g/mol. The van der Waals surface area contributed by atoms with Crippen molar-refractivity contribution in [2.24, 2.45) is 0 Å². The highest BCUT2D eigenvalue weighted by Crippen LogP contribution is 2.39. The van der Waals surface area contributed by atoms with Crippen LogP contribution in [-0.2, 0) is 57.2 Å². The van der Waals surface area contributed by atoms with Crippen molar-refractivity contribution in [1.29, 1.82) is 0 Å². The Labute approximate surface area is 330 Å². The van der Waals surface area contributed by atoms with Crippen LogP contribution >= 0.6 is 0 Å². The van der Waals surface area contributed by atoms with Crippen LogP contribution in [0, 0.1) is 0 Å². The van der Waals surface area contributed by atoms with Gasteiger partial charge in [-0.3, -0.25) is 0 Å². The second-order valence-corrected chi connectivity index (χ2v) is 15.2. The number of carbonyl (C=O) groups is 6. The van der Waals surface area contributed by atoms with Crippen molar-refractivity contribution in [3.63, 3.8) is 0 Å². The van der Waals surface area contributed by atoms with Crippen molar-refractivity contribution >= 4 is 35.8 Å². The van der Waals surface area contributed by atoms with Gasteiger partial charge in [0.2, 0.25) is 0 Å². The van der Waals surface area contributed by atoms with Gasteiger partial charge in [-0.1, -0.05) is 33.6 Å². The first-order valence-corrected chi connectivity index (χ1v) is 19.7.